The van der Waals surface area contributed by atoms with Crippen LogP contribution in [0.1, 0.15) is 28.9 Å². The number of halogens is 1. The first-order chi connectivity index (χ1) is 18.8. The van der Waals surface area contributed by atoms with Crippen LogP contribution in [0, 0.1) is 17.7 Å². The highest BCUT2D eigenvalue weighted by Gasteiger charge is 2.31. The van der Waals surface area contributed by atoms with E-state index in [2.05, 4.69) is 27.5 Å². The van der Waals surface area contributed by atoms with Gasteiger partial charge in [-0.1, -0.05) is 11.8 Å². The van der Waals surface area contributed by atoms with Gasteiger partial charge in [0.05, 0.1) is 5.69 Å². The Morgan fingerprint density at radius 1 is 1.18 bits per heavy atom. The number of aliphatic hydroxyl groups is 1. The number of hydrogen-bond donors (Lipinski definition) is 3. The third-order valence-corrected chi connectivity index (χ3v) is 6.54. The lowest BCUT2D eigenvalue weighted by molar-refractivity contribution is -0.120. The Kier molecular flexibility index (Phi) is 7.45. The second-order valence-corrected chi connectivity index (χ2v) is 9.38. The highest BCUT2D eigenvalue weighted by molar-refractivity contribution is 6.03. The lowest BCUT2D eigenvalue weighted by Crippen LogP contribution is -2.49. The number of likely N-dealkylation sites (N-methyl/N-ethyl adjacent to an activating group) is 1. The zero-order chi connectivity index (χ0) is 27.4. The van der Waals surface area contributed by atoms with Crippen LogP contribution in [0.5, 0.6) is 17.2 Å². The summed E-state index contributed by atoms with van der Waals surface area (Å²) in [4.78, 5) is 31.7. The number of amides is 2. The van der Waals surface area contributed by atoms with Crippen molar-refractivity contribution < 1.29 is 28.6 Å². The summed E-state index contributed by atoms with van der Waals surface area (Å²) in [5.74, 6) is 5.85. The number of rotatable bonds is 4. The molecule has 1 unspecified atom stereocenters. The van der Waals surface area contributed by atoms with Gasteiger partial charge in [0.2, 0.25) is 0 Å². The molecule has 10 heteroatoms. The minimum absolute atomic E-state index is 0.0419. The molecule has 2 aliphatic heterocycles. The molecule has 3 aromatic rings. The number of piperidine rings is 1. The minimum atomic E-state index is -1.04. The Labute approximate surface area is 225 Å². The molecule has 200 valence electrons. The molecular weight excluding hydrogens is 503 g/mol. The average molecular weight is 531 g/mol. The summed E-state index contributed by atoms with van der Waals surface area (Å²) in [6.07, 6.45) is 2.50. The van der Waals surface area contributed by atoms with Crippen molar-refractivity contribution in [2.75, 3.05) is 31.6 Å². The van der Waals surface area contributed by atoms with Gasteiger partial charge in [0.25, 0.3) is 11.8 Å². The zero-order valence-electron chi connectivity index (χ0n) is 21.2. The van der Waals surface area contributed by atoms with Gasteiger partial charge in [-0.2, -0.15) is 0 Å². The Balaban J connectivity index is 1.28. The number of anilines is 1. The number of aromatic nitrogens is 1. The first kappa shape index (κ1) is 26.2. The van der Waals surface area contributed by atoms with Crippen molar-refractivity contribution in [1.82, 2.24) is 15.6 Å². The van der Waals surface area contributed by atoms with E-state index in [9.17, 15) is 19.1 Å². The average Bonchev–Trinajstić information content (AvgIpc) is 3.06. The summed E-state index contributed by atoms with van der Waals surface area (Å²) in [5, 5.41) is 16.5. The van der Waals surface area contributed by atoms with E-state index in [-0.39, 0.29) is 24.0 Å². The van der Waals surface area contributed by atoms with Gasteiger partial charge in [0.15, 0.2) is 0 Å². The summed E-state index contributed by atoms with van der Waals surface area (Å²) in [5.41, 5.74) is 0.142. The van der Waals surface area contributed by atoms with E-state index in [4.69, 9.17) is 9.47 Å². The van der Waals surface area contributed by atoms with Crippen LogP contribution < -0.4 is 25.0 Å². The molecule has 1 saturated heterocycles. The number of benzene rings is 2. The fraction of sp³-hybridized carbons (Fsp3) is 0.276. The molecule has 9 nitrogen and oxygen atoms in total. The highest BCUT2D eigenvalue weighted by atomic mass is 19.1. The van der Waals surface area contributed by atoms with Gasteiger partial charge >= 0.3 is 0 Å². The van der Waals surface area contributed by atoms with Crippen LogP contribution in [0.2, 0.25) is 0 Å². The van der Waals surface area contributed by atoms with Crippen LogP contribution in [0.4, 0.5) is 10.1 Å². The van der Waals surface area contributed by atoms with E-state index in [1.165, 1.54) is 41.4 Å². The number of carbonyl (C=O) groups is 2. The quantitative estimate of drug-likeness (QED) is 0.445. The second kappa shape index (κ2) is 11.1. The predicted octanol–water partition coefficient (Wildman–Crippen LogP) is 2.63. The monoisotopic (exact) mass is 530 g/mol. The molecular formula is C29H27FN4O5. The van der Waals surface area contributed by atoms with Crippen LogP contribution in [0.15, 0.2) is 60.8 Å². The number of fused-ring (bicyclic) bond motifs is 1. The molecule has 0 radical (unpaired) electrons. The Morgan fingerprint density at radius 2 is 1.95 bits per heavy atom. The number of carbonyl (C=O) groups excluding carboxylic acids is 2. The topological polar surface area (TPSA) is 113 Å². The van der Waals surface area contributed by atoms with Gasteiger partial charge in [-0.3, -0.25) is 14.6 Å². The fourth-order valence-electron chi connectivity index (χ4n) is 4.30. The molecule has 0 bridgehead atoms. The maximum absolute atomic E-state index is 13.3. The van der Waals surface area contributed by atoms with Gasteiger partial charge in [-0.15, -0.1) is 0 Å². The number of hydrogen-bond acceptors (Lipinski definition) is 7. The maximum atomic E-state index is 13.3. The van der Waals surface area contributed by atoms with E-state index in [0.717, 1.165) is 0 Å². The lowest BCUT2D eigenvalue weighted by Gasteiger charge is -2.27. The Hall–Kier alpha value is -4.46. The standard InChI is InChI=1S/C29H27FN4O5/c1-34-25-16-19(8-10-29(37)11-14-31-15-12-29)2-7-26(25)38-18-24(28(34)36)33-27(35)23-17-22(9-13-32-23)39-21-5-3-20(30)4-6-21/h2-7,9,13,16-17,24,31,37H,11-12,14-15,18H2,1H3,(H,33,35). The summed E-state index contributed by atoms with van der Waals surface area (Å²) < 4.78 is 24.7. The van der Waals surface area contributed by atoms with Crippen molar-refractivity contribution in [2.24, 2.45) is 0 Å². The van der Waals surface area contributed by atoms with Gasteiger partial charge in [-0.05, 0) is 74.5 Å². The van der Waals surface area contributed by atoms with Crippen molar-refractivity contribution in [3.63, 3.8) is 0 Å². The molecule has 1 fully saturated rings. The fourth-order valence-corrected chi connectivity index (χ4v) is 4.30. The summed E-state index contributed by atoms with van der Waals surface area (Å²) in [6.45, 7) is 1.33. The molecule has 1 aromatic heterocycles. The summed E-state index contributed by atoms with van der Waals surface area (Å²) in [6, 6.07) is 12.7. The molecule has 2 aromatic carbocycles. The van der Waals surface area contributed by atoms with Gasteiger partial charge < -0.3 is 30.1 Å². The Morgan fingerprint density at radius 3 is 2.72 bits per heavy atom. The second-order valence-electron chi connectivity index (χ2n) is 9.38. The van der Waals surface area contributed by atoms with Crippen LogP contribution in [0.3, 0.4) is 0 Å². The predicted molar refractivity (Wildman–Crippen MR) is 141 cm³/mol. The maximum Gasteiger partial charge on any atom is 0.270 e. The molecule has 5 rings (SSSR count). The van der Waals surface area contributed by atoms with Crippen molar-refractivity contribution in [2.45, 2.75) is 24.5 Å². The number of nitrogens with one attached hydrogen (secondary N) is 2. The van der Waals surface area contributed by atoms with Crippen molar-refractivity contribution >= 4 is 17.5 Å². The van der Waals surface area contributed by atoms with Crippen molar-refractivity contribution in [3.05, 3.63) is 77.9 Å². The van der Waals surface area contributed by atoms with E-state index in [1.54, 1.807) is 31.3 Å². The SMILES string of the molecule is CN1C(=O)C(NC(=O)c2cc(Oc3ccc(F)cc3)ccn2)COc2ccc(C#CC3(O)CCNCC3)cc21. The van der Waals surface area contributed by atoms with Gasteiger partial charge in [0, 0.05) is 24.9 Å². The molecule has 3 heterocycles. The summed E-state index contributed by atoms with van der Waals surface area (Å²) >= 11 is 0. The van der Waals surface area contributed by atoms with E-state index >= 15 is 0 Å². The number of nitrogens with zero attached hydrogens (tertiary/aromatic N) is 2. The molecule has 1 atom stereocenters. The first-order valence-electron chi connectivity index (χ1n) is 12.5. The minimum Gasteiger partial charge on any atom is -0.489 e. The zero-order valence-corrected chi connectivity index (χ0v) is 21.2. The molecule has 0 aliphatic carbocycles. The van der Waals surface area contributed by atoms with Gasteiger partial charge in [-0.25, -0.2) is 4.39 Å². The molecule has 2 amide bonds. The van der Waals surface area contributed by atoms with E-state index in [1.807, 2.05) is 0 Å². The van der Waals surface area contributed by atoms with Gasteiger partial charge in [0.1, 0.15) is 47.0 Å². The van der Waals surface area contributed by atoms with Crippen LogP contribution in [-0.2, 0) is 4.79 Å². The van der Waals surface area contributed by atoms with E-state index in [0.29, 0.717) is 54.4 Å². The Bertz CT molecular complexity index is 1440. The largest absolute Gasteiger partial charge is 0.489 e. The molecule has 2 aliphatic rings. The highest BCUT2D eigenvalue weighted by Crippen LogP contribution is 2.32. The normalized spacial score (nSPS) is 18.1. The third kappa shape index (κ3) is 6.17. The molecule has 39 heavy (non-hydrogen) atoms. The van der Waals surface area contributed by atoms with Crippen molar-refractivity contribution in [3.8, 4) is 29.1 Å². The molecule has 3 N–H and O–H groups in total. The number of ether oxygens (including phenoxy) is 2. The smallest absolute Gasteiger partial charge is 0.270 e. The molecule has 0 spiro atoms. The lowest BCUT2D eigenvalue weighted by atomic mass is 9.93. The molecule has 0 saturated carbocycles. The van der Waals surface area contributed by atoms with E-state index < -0.39 is 17.6 Å². The van der Waals surface area contributed by atoms with Crippen LogP contribution in [0.25, 0.3) is 0 Å². The van der Waals surface area contributed by atoms with Crippen LogP contribution in [-0.4, -0.2) is 60.3 Å². The van der Waals surface area contributed by atoms with Crippen LogP contribution >= 0.6 is 0 Å². The number of pyridine rings is 1. The third-order valence-electron chi connectivity index (χ3n) is 6.54. The first-order valence-corrected chi connectivity index (χ1v) is 12.5. The summed E-state index contributed by atoms with van der Waals surface area (Å²) in [7, 11) is 1.60. The van der Waals surface area contributed by atoms with Crippen molar-refractivity contribution in [1.29, 1.82) is 0 Å².